The van der Waals surface area contributed by atoms with Crippen molar-refractivity contribution in [1.29, 1.82) is 0 Å². The summed E-state index contributed by atoms with van der Waals surface area (Å²) < 4.78 is 30.2. The van der Waals surface area contributed by atoms with Gasteiger partial charge < -0.3 is 25.6 Å². The highest BCUT2D eigenvalue weighted by molar-refractivity contribution is 7.91. The maximum atomic E-state index is 12.8. The molecule has 0 aliphatic heterocycles. The van der Waals surface area contributed by atoms with Gasteiger partial charge >= 0.3 is 0 Å². The average molecular weight is 563 g/mol. The first kappa shape index (κ1) is 31.3. The normalized spacial score (nSPS) is 13.6. The number of methoxy groups -OCH3 is 1. The summed E-state index contributed by atoms with van der Waals surface area (Å²) in [6, 6.07) is 24.1. The number of rotatable bonds is 14. The molecule has 0 fully saturated rings. The van der Waals surface area contributed by atoms with Gasteiger partial charge in [-0.05, 0) is 48.2 Å². The molecule has 10 heteroatoms. The Balaban J connectivity index is 0.00000507. The molecule has 1 amide bonds. The van der Waals surface area contributed by atoms with Crippen molar-refractivity contribution in [1.82, 2.24) is 10.6 Å². The Kier molecular flexibility index (Phi) is 12.7. The van der Waals surface area contributed by atoms with Crippen LogP contribution in [0.5, 0.6) is 5.75 Å². The van der Waals surface area contributed by atoms with Gasteiger partial charge in [0, 0.05) is 13.1 Å². The van der Waals surface area contributed by atoms with Gasteiger partial charge in [-0.15, -0.1) is 12.4 Å². The van der Waals surface area contributed by atoms with Gasteiger partial charge in [0.15, 0.2) is 9.84 Å². The summed E-state index contributed by atoms with van der Waals surface area (Å²) >= 11 is 0. The second-order valence-electron chi connectivity index (χ2n) is 8.79. The molecule has 0 aliphatic rings. The summed E-state index contributed by atoms with van der Waals surface area (Å²) in [5.74, 6) is -0.368. The van der Waals surface area contributed by atoms with E-state index in [4.69, 9.17) is 4.74 Å². The lowest BCUT2D eigenvalue weighted by Gasteiger charge is -2.26. The highest BCUT2D eigenvalue weighted by Crippen LogP contribution is 2.14. The smallest absolute Gasteiger partial charge is 0.249 e. The van der Waals surface area contributed by atoms with Gasteiger partial charge in [0.05, 0.1) is 29.9 Å². The fourth-order valence-corrected chi connectivity index (χ4v) is 5.20. The third kappa shape index (κ3) is 9.74. The molecular formula is C28H35ClN2O6S. The van der Waals surface area contributed by atoms with Crippen LogP contribution in [0.3, 0.4) is 0 Å². The van der Waals surface area contributed by atoms with E-state index >= 15 is 0 Å². The Labute approximate surface area is 230 Å². The van der Waals surface area contributed by atoms with Crippen LogP contribution in [0.1, 0.15) is 17.5 Å². The van der Waals surface area contributed by atoms with E-state index in [1.807, 2.05) is 54.6 Å². The molecule has 206 valence electrons. The summed E-state index contributed by atoms with van der Waals surface area (Å²) in [5, 5.41) is 27.2. The van der Waals surface area contributed by atoms with Crippen molar-refractivity contribution < 1.29 is 28.2 Å². The molecule has 0 spiro atoms. The molecule has 0 aliphatic carbocycles. The third-order valence-electron chi connectivity index (χ3n) is 5.97. The quantitative estimate of drug-likeness (QED) is 0.238. The Morgan fingerprint density at radius 3 is 2.21 bits per heavy atom. The van der Waals surface area contributed by atoms with E-state index in [1.54, 1.807) is 25.3 Å². The lowest BCUT2D eigenvalue weighted by Crippen LogP contribution is -2.51. The maximum Gasteiger partial charge on any atom is 0.249 e. The van der Waals surface area contributed by atoms with Crippen molar-refractivity contribution in [2.45, 2.75) is 42.5 Å². The predicted octanol–water partition coefficient (Wildman–Crippen LogP) is 2.52. The zero-order chi connectivity index (χ0) is 26.7. The molecule has 8 nitrogen and oxygen atoms in total. The number of hydrogen-bond donors (Lipinski definition) is 4. The van der Waals surface area contributed by atoms with Crippen LogP contribution in [0.4, 0.5) is 0 Å². The number of amides is 1. The molecule has 3 rings (SSSR count). The van der Waals surface area contributed by atoms with Crippen LogP contribution in [-0.4, -0.2) is 62.2 Å². The minimum atomic E-state index is -3.63. The number of aliphatic hydroxyl groups excluding tert-OH is 2. The Bertz CT molecular complexity index is 1230. The van der Waals surface area contributed by atoms with Crippen LogP contribution in [-0.2, 0) is 27.6 Å². The van der Waals surface area contributed by atoms with Gasteiger partial charge in [-0.2, -0.15) is 0 Å². The SMILES string of the molecule is COc1cccc(CNC[C@@H](O)[C@H](Cc2ccccc2)NC(=O)C(O)CCS(=O)(=O)c2ccccc2)c1.Cl. The molecule has 0 aromatic heterocycles. The number of ether oxygens (including phenoxy) is 1. The number of carbonyl (C=O) groups excluding carboxylic acids is 1. The zero-order valence-corrected chi connectivity index (χ0v) is 22.8. The number of sulfone groups is 1. The molecule has 0 saturated carbocycles. The van der Waals surface area contributed by atoms with Gasteiger partial charge in [0.25, 0.3) is 0 Å². The molecule has 3 atom stereocenters. The van der Waals surface area contributed by atoms with Crippen LogP contribution in [0.15, 0.2) is 89.8 Å². The molecule has 1 unspecified atom stereocenters. The molecule has 4 N–H and O–H groups in total. The highest BCUT2D eigenvalue weighted by Gasteiger charge is 2.26. The largest absolute Gasteiger partial charge is 0.497 e. The topological polar surface area (TPSA) is 125 Å². The maximum absolute atomic E-state index is 12.8. The van der Waals surface area contributed by atoms with Crippen LogP contribution in [0, 0.1) is 0 Å². The molecular weight excluding hydrogens is 528 g/mol. The summed E-state index contributed by atoms with van der Waals surface area (Å²) in [5.41, 5.74) is 1.88. The Morgan fingerprint density at radius 2 is 1.55 bits per heavy atom. The molecule has 3 aromatic rings. The molecule has 0 saturated heterocycles. The number of carbonyl (C=O) groups is 1. The average Bonchev–Trinajstić information content (AvgIpc) is 2.92. The molecule has 38 heavy (non-hydrogen) atoms. The van der Waals surface area contributed by atoms with Crippen molar-refractivity contribution >= 4 is 28.2 Å². The first-order chi connectivity index (χ1) is 17.8. The Hall–Kier alpha value is -2.95. The van der Waals surface area contributed by atoms with E-state index in [0.29, 0.717) is 13.0 Å². The van der Waals surface area contributed by atoms with Crippen LogP contribution >= 0.6 is 12.4 Å². The van der Waals surface area contributed by atoms with Crippen LogP contribution in [0.2, 0.25) is 0 Å². The third-order valence-corrected chi connectivity index (χ3v) is 7.74. The minimum Gasteiger partial charge on any atom is -0.497 e. The fraction of sp³-hybridized carbons (Fsp3) is 0.321. The van der Waals surface area contributed by atoms with E-state index in [2.05, 4.69) is 10.6 Å². The molecule has 3 aromatic carbocycles. The summed E-state index contributed by atoms with van der Waals surface area (Å²) in [6.45, 7) is 0.674. The van der Waals surface area contributed by atoms with Gasteiger partial charge in [-0.3, -0.25) is 4.79 Å². The number of nitrogens with one attached hydrogen (secondary N) is 2. The highest BCUT2D eigenvalue weighted by atomic mass is 35.5. The van der Waals surface area contributed by atoms with Gasteiger partial charge in [0.2, 0.25) is 5.91 Å². The van der Waals surface area contributed by atoms with Gasteiger partial charge in [-0.1, -0.05) is 60.7 Å². The first-order valence-electron chi connectivity index (χ1n) is 12.1. The van der Waals surface area contributed by atoms with E-state index < -0.39 is 34.0 Å². The molecule has 0 heterocycles. The van der Waals surface area contributed by atoms with E-state index in [9.17, 15) is 23.4 Å². The molecule has 0 bridgehead atoms. The molecule has 0 radical (unpaired) electrons. The number of hydrogen-bond acceptors (Lipinski definition) is 7. The monoisotopic (exact) mass is 562 g/mol. The van der Waals surface area contributed by atoms with Crippen LogP contribution in [0.25, 0.3) is 0 Å². The second kappa shape index (κ2) is 15.5. The fourth-order valence-electron chi connectivity index (χ4n) is 3.86. The summed E-state index contributed by atoms with van der Waals surface area (Å²) in [4.78, 5) is 12.9. The zero-order valence-electron chi connectivity index (χ0n) is 21.2. The van der Waals surface area contributed by atoms with E-state index in [-0.39, 0.29) is 36.0 Å². The minimum absolute atomic E-state index is 0. The Morgan fingerprint density at radius 1 is 0.921 bits per heavy atom. The standard InChI is InChI=1S/C28H34N2O6S.ClH/c1-36-23-12-8-11-22(17-23)19-29-20-27(32)25(18-21-9-4-2-5-10-21)30-28(33)26(31)15-16-37(34,35)24-13-6-3-7-14-24;/h2-14,17,25-27,29,31-32H,15-16,18-20H2,1H3,(H,30,33);1H/t25-,26?,27+;/m0./s1. The van der Waals surface area contributed by atoms with Crippen molar-refractivity contribution in [2.24, 2.45) is 0 Å². The predicted molar refractivity (Wildman–Crippen MR) is 149 cm³/mol. The van der Waals surface area contributed by atoms with Crippen molar-refractivity contribution in [3.63, 3.8) is 0 Å². The van der Waals surface area contributed by atoms with E-state index in [1.165, 1.54) is 12.1 Å². The number of aliphatic hydroxyl groups is 2. The summed E-state index contributed by atoms with van der Waals surface area (Å²) in [7, 11) is -2.04. The lowest BCUT2D eigenvalue weighted by molar-refractivity contribution is -0.131. The van der Waals surface area contributed by atoms with Crippen LogP contribution < -0.4 is 15.4 Å². The van der Waals surface area contributed by atoms with Crippen molar-refractivity contribution in [2.75, 3.05) is 19.4 Å². The first-order valence-corrected chi connectivity index (χ1v) is 13.8. The van der Waals surface area contributed by atoms with Crippen molar-refractivity contribution in [3.8, 4) is 5.75 Å². The number of halogens is 1. The van der Waals surface area contributed by atoms with Gasteiger partial charge in [-0.25, -0.2) is 8.42 Å². The second-order valence-corrected chi connectivity index (χ2v) is 10.9. The summed E-state index contributed by atoms with van der Waals surface area (Å²) in [6.07, 6.45) is -2.42. The van der Waals surface area contributed by atoms with Crippen molar-refractivity contribution in [3.05, 3.63) is 96.1 Å². The van der Waals surface area contributed by atoms with Gasteiger partial charge in [0.1, 0.15) is 11.9 Å². The lowest BCUT2D eigenvalue weighted by atomic mass is 10.0. The number of benzene rings is 3. The van der Waals surface area contributed by atoms with E-state index in [0.717, 1.165) is 16.9 Å².